The summed E-state index contributed by atoms with van der Waals surface area (Å²) in [4.78, 5) is 19.1. The Morgan fingerprint density at radius 1 is 0.345 bits per heavy atom. The minimum atomic E-state index is 0.908. The van der Waals surface area contributed by atoms with Crippen LogP contribution in [-0.4, -0.2) is 19.9 Å². The normalized spacial score (nSPS) is 12.2. The summed E-state index contributed by atoms with van der Waals surface area (Å²) in [7, 11) is 0. The van der Waals surface area contributed by atoms with Crippen molar-refractivity contribution >= 4 is 69.0 Å². The fourth-order valence-corrected chi connectivity index (χ4v) is 10.00. The monoisotopic (exact) mass is 866 g/mol. The van der Waals surface area contributed by atoms with E-state index in [1.54, 1.807) is 0 Å². The van der Waals surface area contributed by atoms with Gasteiger partial charge in [-0.2, -0.15) is 0 Å². The Bertz CT molecular complexity index is 2870. The van der Waals surface area contributed by atoms with Crippen molar-refractivity contribution in [2.75, 3.05) is 0 Å². The third-order valence-electron chi connectivity index (χ3n) is 11.7. The van der Waals surface area contributed by atoms with Crippen LogP contribution in [-0.2, 0) is 0 Å². The molecule has 7 aromatic rings. The molecule has 2 N–H and O–H groups in total. The van der Waals surface area contributed by atoms with E-state index in [2.05, 4.69) is 204 Å². The number of H-pyrrole nitrogens is 2. The van der Waals surface area contributed by atoms with Crippen LogP contribution < -0.4 is 0 Å². The number of fused-ring (bicyclic) bond motifs is 8. The van der Waals surface area contributed by atoms with Crippen LogP contribution in [0.15, 0.2) is 84.9 Å². The number of aromatic amines is 2. The SMILES string of the molecule is Cc1cc(C)c(-c2c3nc(c(-c4c(C)cc(C)cc4C)c4ccc([nH]4)c(-c4ccc(I)cc4)c4ccc([nH]4)c(-c4c(C)cc(C)cc4C)c4nc2C=C4)C=C3)c(C)c1. The second-order valence-electron chi connectivity index (χ2n) is 16.3. The number of benzene rings is 4. The first kappa shape index (κ1) is 37.8. The molecule has 4 aromatic carbocycles. The van der Waals surface area contributed by atoms with E-state index in [9.17, 15) is 0 Å². The lowest BCUT2D eigenvalue weighted by atomic mass is 9.92. The first-order valence-electron chi connectivity index (χ1n) is 20.0. The molecule has 0 amide bonds. The molecular weight excluding hydrogens is 820 g/mol. The molecule has 0 saturated carbocycles. The fourth-order valence-electron chi connectivity index (χ4n) is 9.64. The highest BCUT2D eigenvalue weighted by Gasteiger charge is 2.23. The van der Waals surface area contributed by atoms with Gasteiger partial charge in [-0.1, -0.05) is 65.2 Å². The molecule has 0 atom stereocenters. The van der Waals surface area contributed by atoms with E-state index in [4.69, 9.17) is 9.97 Å². The molecule has 9 rings (SSSR count). The first-order valence-corrected chi connectivity index (χ1v) is 21.1. The van der Waals surface area contributed by atoms with Gasteiger partial charge in [-0.05, 0) is 201 Å². The Kier molecular flexibility index (Phi) is 9.47. The van der Waals surface area contributed by atoms with Crippen molar-refractivity contribution in [2.45, 2.75) is 62.3 Å². The van der Waals surface area contributed by atoms with Crippen LogP contribution in [0.2, 0.25) is 0 Å². The van der Waals surface area contributed by atoms with Crippen molar-refractivity contribution in [3.63, 3.8) is 0 Å². The van der Waals surface area contributed by atoms with Crippen LogP contribution in [0.25, 0.3) is 90.9 Å². The molecule has 286 valence electrons. The summed E-state index contributed by atoms with van der Waals surface area (Å²) >= 11 is 2.39. The molecule has 0 saturated heterocycles. The Morgan fingerprint density at radius 3 is 0.983 bits per heavy atom. The van der Waals surface area contributed by atoms with Gasteiger partial charge in [0.25, 0.3) is 0 Å². The van der Waals surface area contributed by atoms with E-state index < -0.39 is 0 Å². The quantitative estimate of drug-likeness (QED) is 0.173. The van der Waals surface area contributed by atoms with Crippen molar-refractivity contribution in [3.05, 3.63) is 161 Å². The number of nitrogens with one attached hydrogen (secondary N) is 2. The Balaban J connectivity index is 1.53. The molecule has 58 heavy (non-hydrogen) atoms. The molecule has 5 heteroatoms. The highest BCUT2D eigenvalue weighted by molar-refractivity contribution is 14.1. The maximum absolute atomic E-state index is 5.59. The van der Waals surface area contributed by atoms with Crippen LogP contribution in [0.1, 0.15) is 72.8 Å². The van der Waals surface area contributed by atoms with Crippen LogP contribution in [0.3, 0.4) is 0 Å². The number of aryl methyl sites for hydroxylation is 9. The highest BCUT2D eigenvalue weighted by atomic mass is 127. The summed E-state index contributed by atoms with van der Waals surface area (Å²) in [6.07, 6.45) is 8.78. The Labute approximate surface area is 355 Å². The molecule has 8 bridgehead atoms. The zero-order valence-electron chi connectivity index (χ0n) is 34.7. The van der Waals surface area contributed by atoms with E-state index in [1.807, 2.05) is 0 Å². The summed E-state index contributed by atoms with van der Waals surface area (Å²) in [5, 5.41) is 0. The molecule has 0 aliphatic carbocycles. The molecule has 5 heterocycles. The number of nitrogens with zero attached hydrogens (tertiary/aromatic N) is 2. The van der Waals surface area contributed by atoms with Gasteiger partial charge in [0.15, 0.2) is 0 Å². The number of aromatic nitrogens is 4. The van der Waals surface area contributed by atoms with Crippen molar-refractivity contribution in [1.29, 1.82) is 0 Å². The number of hydrogen-bond acceptors (Lipinski definition) is 2. The molecule has 2 aliphatic heterocycles. The third-order valence-corrected chi connectivity index (χ3v) is 12.4. The Morgan fingerprint density at radius 2 is 0.638 bits per heavy atom. The smallest absolute Gasteiger partial charge is 0.0738 e. The molecule has 0 radical (unpaired) electrons. The lowest BCUT2D eigenvalue weighted by Crippen LogP contribution is -1.97. The van der Waals surface area contributed by atoms with E-state index in [-0.39, 0.29) is 0 Å². The van der Waals surface area contributed by atoms with Crippen LogP contribution in [0, 0.1) is 65.9 Å². The van der Waals surface area contributed by atoms with Gasteiger partial charge in [0.05, 0.1) is 22.8 Å². The van der Waals surface area contributed by atoms with Crippen molar-refractivity contribution < 1.29 is 0 Å². The van der Waals surface area contributed by atoms with E-state index >= 15 is 0 Å². The molecule has 4 nitrogen and oxygen atoms in total. The molecule has 3 aromatic heterocycles. The average Bonchev–Trinajstić information content (AvgIpc) is 3.99. The van der Waals surface area contributed by atoms with E-state index in [0.717, 1.165) is 72.7 Å². The topological polar surface area (TPSA) is 57.4 Å². The van der Waals surface area contributed by atoms with Crippen molar-refractivity contribution in [3.8, 4) is 44.5 Å². The van der Waals surface area contributed by atoms with Crippen molar-refractivity contribution in [1.82, 2.24) is 19.9 Å². The molecular formula is C53H47IN4. The molecule has 2 aliphatic rings. The maximum Gasteiger partial charge on any atom is 0.0738 e. The van der Waals surface area contributed by atoms with Gasteiger partial charge in [-0.15, -0.1) is 0 Å². The predicted octanol–water partition coefficient (Wildman–Crippen LogP) is 14.7. The summed E-state index contributed by atoms with van der Waals surface area (Å²) in [6, 6.07) is 31.4. The molecule has 0 spiro atoms. The summed E-state index contributed by atoms with van der Waals surface area (Å²) in [5.41, 5.74) is 27.8. The number of halogens is 1. The van der Waals surface area contributed by atoms with Crippen molar-refractivity contribution in [2.24, 2.45) is 0 Å². The molecule has 0 unspecified atom stereocenters. The zero-order valence-corrected chi connectivity index (χ0v) is 36.8. The second kappa shape index (κ2) is 14.5. The minimum Gasteiger partial charge on any atom is -0.354 e. The molecule has 0 fully saturated rings. The van der Waals surface area contributed by atoms with Gasteiger partial charge in [-0.25, -0.2) is 9.97 Å². The summed E-state index contributed by atoms with van der Waals surface area (Å²) in [5.74, 6) is 0. The summed E-state index contributed by atoms with van der Waals surface area (Å²) in [6.45, 7) is 19.8. The maximum atomic E-state index is 5.59. The van der Waals surface area contributed by atoms with Gasteiger partial charge in [0, 0.05) is 47.9 Å². The predicted molar refractivity (Wildman–Crippen MR) is 256 cm³/mol. The lowest BCUT2D eigenvalue weighted by molar-refractivity contribution is 1.24. The van der Waals surface area contributed by atoms with E-state index in [0.29, 0.717) is 0 Å². The minimum absolute atomic E-state index is 0.908. The fraction of sp³-hybridized carbons (Fsp3) is 0.170. The standard InChI is InChI=1S/C53H47IN4/c1-28-22-31(4)47(32(5)23-28)51-41-16-14-39(55-41)50(37-10-12-38(54)13-11-37)40-15-17-42(56-40)52(48-33(6)24-29(2)25-34(48)7)44-19-21-46(58-44)53(45-20-18-43(51)57-45)49-35(8)26-30(3)27-36(49)9/h10-27,55-56H,1-9H3. The van der Waals surface area contributed by atoms with Gasteiger partial charge < -0.3 is 9.97 Å². The van der Waals surface area contributed by atoms with Crippen LogP contribution >= 0.6 is 22.6 Å². The second-order valence-corrected chi connectivity index (χ2v) is 17.6. The average molecular weight is 867 g/mol. The van der Waals surface area contributed by atoms with Gasteiger partial charge >= 0.3 is 0 Å². The van der Waals surface area contributed by atoms with Gasteiger partial charge in [-0.3, -0.25) is 0 Å². The number of hydrogen-bond donors (Lipinski definition) is 2. The lowest BCUT2D eigenvalue weighted by Gasteiger charge is -2.14. The highest BCUT2D eigenvalue weighted by Crippen LogP contribution is 2.42. The first-order chi connectivity index (χ1) is 27.8. The van der Waals surface area contributed by atoms with Crippen LogP contribution in [0.5, 0.6) is 0 Å². The third kappa shape index (κ3) is 6.55. The van der Waals surface area contributed by atoms with Gasteiger partial charge in [0.1, 0.15) is 0 Å². The summed E-state index contributed by atoms with van der Waals surface area (Å²) < 4.78 is 1.19. The Hall–Kier alpha value is -5.79. The van der Waals surface area contributed by atoms with Crippen LogP contribution in [0.4, 0.5) is 0 Å². The zero-order chi connectivity index (χ0) is 40.6. The van der Waals surface area contributed by atoms with Gasteiger partial charge in [0.2, 0.25) is 0 Å². The number of rotatable bonds is 4. The van der Waals surface area contributed by atoms with E-state index in [1.165, 1.54) is 70.3 Å². The largest absolute Gasteiger partial charge is 0.354 e.